The van der Waals surface area contributed by atoms with Crippen molar-refractivity contribution in [3.05, 3.63) is 60.0 Å². The largest absolute Gasteiger partial charge is 0.497 e. The number of rotatable bonds is 6. The summed E-state index contributed by atoms with van der Waals surface area (Å²) in [6.45, 7) is 0. The zero-order valence-electron chi connectivity index (χ0n) is 18.1. The highest BCUT2D eigenvalue weighted by Gasteiger charge is 2.29. The first-order chi connectivity index (χ1) is 16.1. The third-order valence-corrected chi connectivity index (χ3v) is 5.14. The molecule has 3 N–H and O–H groups in total. The number of benzene rings is 2. The van der Waals surface area contributed by atoms with Gasteiger partial charge in [0.05, 0.1) is 25.9 Å². The van der Waals surface area contributed by atoms with Crippen LogP contribution in [0.15, 0.2) is 54.7 Å². The Kier molecular flexibility index (Phi) is 6.89. The maximum absolute atomic E-state index is 11.4. The van der Waals surface area contributed by atoms with Crippen LogP contribution in [-0.2, 0) is 4.79 Å². The van der Waals surface area contributed by atoms with Crippen molar-refractivity contribution in [2.45, 2.75) is 12.8 Å². The first kappa shape index (κ1) is 22.3. The molecule has 0 atom stereocenters. The van der Waals surface area contributed by atoms with Crippen molar-refractivity contribution in [1.29, 1.82) is 0 Å². The molecule has 1 saturated carbocycles. The summed E-state index contributed by atoms with van der Waals surface area (Å²) in [5.74, 6) is 2.81. The fourth-order valence-electron chi connectivity index (χ4n) is 3.02. The third kappa shape index (κ3) is 5.69. The maximum atomic E-state index is 11.4. The van der Waals surface area contributed by atoms with Crippen LogP contribution in [0.25, 0.3) is 10.9 Å². The molecule has 0 saturated heterocycles. The molecule has 0 unspecified atom stereocenters. The Bertz CT molecular complexity index is 1240. The molecule has 10 heteroatoms. The molecule has 4 aromatic rings. The standard InChI is InChI=1S/C12H10ClN5O.C11H13NO2/c1-19-9-6-14-12(13)16-11(9)15-10-7-4-2-3-5-8(7)17-18-10;1-14-10-6-4-9(5-7-10)12-11(13)8-2-3-8/h2-6H,1H3,(H2,14,15,16,17,18);4-8H,2-3H2,1H3,(H,12,13). The van der Waals surface area contributed by atoms with Gasteiger partial charge in [0, 0.05) is 17.0 Å². The van der Waals surface area contributed by atoms with E-state index in [2.05, 4.69) is 30.8 Å². The van der Waals surface area contributed by atoms with Crippen LogP contribution in [0.4, 0.5) is 17.3 Å². The van der Waals surface area contributed by atoms with Gasteiger partial charge in [0.2, 0.25) is 11.2 Å². The number of methoxy groups -OCH3 is 2. The molecule has 9 nitrogen and oxygen atoms in total. The number of carbonyl (C=O) groups excluding carboxylic acids is 1. The van der Waals surface area contributed by atoms with Crippen LogP contribution in [0.5, 0.6) is 11.5 Å². The second-order valence-corrected chi connectivity index (χ2v) is 7.63. The lowest BCUT2D eigenvalue weighted by Crippen LogP contribution is -2.12. The van der Waals surface area contributed by atoms with E-state index in [1.807, 2.05) is 48.5 Å². The van der Waals surface area contributed by atoms with E-state index in [9.17, 15) is 4.79 Å². The van der Waals surface area contributed by atoms with Crippen LogP contribution in [0.1, 0.15) is 12.8 Å². The van der Waals surface area contributed by atoms with E-state index < -0.39 is 0 Å². The number of fused-ring (bicyclic) bond motifs is 1. The molecule has 2 aromatic heterocycles. The van der Waals surface area contributed by atoms with E-state index in [1.54, 1.807) is 14.2 Å². The lowest BCUT2D eigenvalue weighted by molar-refractivity contribution is -0.117. The average molecular weight is 467 g/mol. The van der Waals surface area contributed by atoms with Gasteiger partial charge in [0.1, 0.15) is 5.75 Å². The Morgan fingerprint density at radius 1 is 1.06 bits per heavy atom. The SMILES string of the molecule is COc1ccc(NC(=O)C2CC2)cc1.COc1cnc(Cl)nc1Nc1n[nH]c2ccccc12. The van der Waals surface area contributed by atoms with E-state index in [1.165, 1.54) is 6.20 Å². The first-order valence-electron chi connectivity index (χ1n) is 10.3. The van der Waals surface area contributed by atoms with E-state index in [0.717, 1.165) is 35.2 Å². The highest BCUT2D eigenvalue weighted by atomic mass is 35.5. The second-order valence-electron chi connectivity index (χ2n) is 7.29. The lowest BCUT2D eigenvalue weighted by atomic mass is 10.2. The number of aromatic nitrogens is 4. The monoisotopic (exact) mass is 466 g/mol. The minimum Gasteiger partial charge on any atom is -0.497 e. The number of anilines is 3. The van der Waals surface area contributed by atoms with Crippen molar-refractivity contribution in [1.82, 2.24) is 20.2 Å². The van der Waals surface area contributed by atoms with Crippen LogP contribution in [0.2, 0.25) is 5.28 Å². The van der Waals surface area contributed by atoms with Crippen LogP contribution in [-0.4, -0.2) is 40.3 Å². The van der Waals surface area contributed by atoms with Gasteiger partial charge in [-0.3, -0.25) is 9.89 Å². The zero-order valence-corrected chi connectivity index (χ0v) is 18.9. The highest BCUT2D eigenvalue weighted by Crippen LogP contribution is 2.30. The predicted molar refractivity (Wildman–Crippen MR) is 127 cm³/mol. The average Bonchev–Trinajstić information content (AvgIpc) is 3.62. The molecule has 1 aliphatic carbocycles. The molecule has 2 aromatic carbocycles. The Labute approximate surface area is 195 Å². The van der Waals surface area contributed by atoms with Gasteiger partial charge in [-0.25, -0.2) is 4.98 Å². The summed E-state index contributed by atoms with van der Waals surface area (Å²) in [4.78, 5) is 19.3. The van der Waals surface area contributed by atoms with Crippen LogP contribution in [0, 0.1) is 5.92 Å². The van der Waals surface area contributed by atoms with Crippen molar-refractivity contribution >= 4 is 45.7 Å². The smallest absolute Gasteiger partial charge is 0.227 e. The van der Waals surface area contributed by atoms with Gasteiger partial charge in [-0.05, 0) is 60.8 Å². The Morgan fingerprint density at radius 2 is 1.82 bits per heavy atom. The van der Waals surface area contributed by atoms with Crippen molar-refractivity contribution in [3.8, 4) is 11.5 Å². The van der Waals surface area contributed by atoms with Crippen molar-refractivity contribution in [2.24, 2.45) is 5.92 Å². The number of nitrogens with zero attached hydrogens (tertiary/aromatic N) is 3. The molecule has 1 amide bonds. The number of hydrogen-bond donors (Lipinski definition) is 3. The fraction of sp³-hybridized carbons (Fsp3) is 0.217. The Morgan fingerprint density at radius 3 is 2.52 bits per heavy atom. The normalized spacial score (nSPS) is 12.5. The summed E-state index contributed by atoms with van der Waals surface area (Å²) in [6.07, 6.45) is 3.57. The summed E-state index contributed by atoms with van der Waals surface area (Å²) in [7, 11) is 3.16. The minimum absolute atomic E-state index is 0.134. The molecule has 5 rings (SSSR count). The summed E-state index contributed by atoms with van der Waals surface area (Å²) < 4.78 is 10.2. The number of carbonyl (C=O) groups is 1. The number of H-pyrrole nitrogens is 1. The minimum atomic E-state index is 0.134. The number of halogens is 1. The van der Waals surface area contributed by atoms with E-state index in [-0.39, 0.29) is 17.1 Å². The van der Waals surface area contributed by atoms with Crippen molar-refractivity contribution < 1.29 is 14.3 Å². The van der Waals surface area contributed by atoms with Gasteiger partial charge in [0.15, 0.2) is 17.4 Å². The van der Waals surface area contributed by atoms with Gasteiger partial charge in [-0.15, -0.1) is 0 Å². The Hall–Kier alpha value is -3.85. The first-order valence-corrected chi connectivity index (χ1v) is 10.7. The number of ether oxygens (including phenoxy) is 2. The molecule has 1 aliphatic rings. The molecule has 1 fully saturated rings. The molecule has 0 spiro atoms. The highest BCUT2D eigenvalue weighted by molar-refractivity contribution is 6.28. The Balaban J connectivity index is 0.000000165. The molecule has 33 heavy (non-hydrogen) atoms. The van der Waals surface area contributed by atoms with E-state index in [4.69, 9.17) is 21.1 Å². The zero-order chi connectivity index (χ0) is 23.2. The lowest BCUT2D eigenvalue weighted by Gasteiger charge is -2.07. The van der Waals surface area contributed by atoms with Crippen LogP contribution >= 0.6 is 11.6 Å². The topological polar surface area (TPSA) is 114 Å². The molecule has 170 valence electrons. The molecule has 0 aliphatic heterocycles. The fourth-order valence-corrected chi connectivity index (χ4v) is 3.16. The molecular formula is C23H23ClN6O3. The molecular weight excluding hydrogens is 444 g/mol. The van der Waals surface area contributed by atoms with Gasteiger partial charge < -0.3 is 20.1 Å². The summed E-state index contributed by atoms with van der Waals surface area (Å²) in [5.41, 5.74) is 1.77. The number of nitrogens with one attached hydrogen (secondary N) is 3. The van der Waals surface area contributed by atoms with Crippen molar-refractivity contribution in [3.63, 3.8) is 0 Å². The van der Waals surface area contributed by atoms with Crippen LogP contribution in [0.3, 0.4) is 0 Å². The number of aromatic amines is 1. The van der Waals surface area contributed by atoms with Gasteiger partial charge >= 0.3 is 0 Å². The number of hydrogen-bond acceptors (Lipinski definition) is 7. The number of para-hydroxylation sites is 1. The van der Waals surface area contributed by atoms with E-state index in [0.29, 0.717) is 17.4 Å². The molecule has 0 bridgehead atoms. The molecule has 2 heterocycles. The van der Waals surface area contributed by atoms with Crippen molar-refractivity contribution in [2.75, 3.05) is 24.9 Å². The third-order valence-electron chi connectivity index (χ3n) is 4.96. The van der Waals surface area contributed by atoms with E-state index >= 15 is 0 Å². The van der Waals surface area contributed by atoms with Gasteiger partial charge in [-0.1, -0.05) is 12.1 Å². The summed E-state index contributed by atoms with van der Waals surface area (Å²) in [5, 5.41) is 14.2. The van der Waals surface area contributed by atoms with Crippen LogP contribution < -0.4 is 20.1 Å². The maximum Gasteiger partial charge on any atom is 0.227 e. The molecule has 0 radical (unpaired) electrons. The predicted octanol–water partition coefficient (Wildman–Crippen LogP) is 4.80. The summed E-state index contributed by atoms with van der Waals surface area (Å²) >= 11 is 5.79. The quantitative estimate of drug-likeness (QED) is 0.349. The second kappa shape index (κ2) is 10.2. The van der Waals surface area contributed by atoms with Gasteiger partial charge in [-0.2, -0.15) is 10.1 Å². The summed E-state index contributed by atoms with van der Waals surface area (Å²) in [6, 6.07) is 15.1. The number of amides is 1. The van der Waals surface area contributed by atoms with Gasteiger partial charge in [0.25, 0.3) is 0 Å².